The normalized spacial score (nSPS) is 10.8. The van der Waals surface area contributed by atoms with Gasteiger partial charge in [-0.15, -0.1) is 0 Å². The van der Waals surface area contributed by atoms with E-state index < -0.39 is 6.29 Å². The van der Waals surface area contributed by atoms with Crippen molar-refractivity contribution in [3.8, 4) is 0 Å². The summed E-state index contributed by atoms with van der Waals surface area (Å²) in [5.41, 5.74) is 1.50. The molecule has 2 N–H and O–H groups in total. The van der Waals surface area contributed by atoms with E-state index in [1.165, 1.54) is 12.1 Å². The summed E-state index contributed by atoms with van der Waals surface area (Å²) in [6.45, 7) is 3.29. The molecule has 1 rings (SSSR count). The molecule has 0 spiro atoms. The molecule has 0 heterocycles. The second kappa shape index (κ2) is 3.21. The number of hydrogen-bond acceptors (Lipinski definition) is 2. The van der Waals surface area contributed by atoms with Crippen LogP contribution in [0.15, 0.2) is 12.1 Å². The zero-order valence-corrected chi connectivity index (χ0v) is 7.00. The molecular formula is C9H11FO2. The van der Waals surface area contributed by atoms with Gasteiger partial charge in [0.25, 0.3) is 0 Å². The molecule has 66 valence electrons. The molecule has 0 bridgehead atoms. The van der Waals surface area contributed by atoms with E-state index in [2.05, 4.69) is 0 Å². The largest absolute Gasteiger partial charge is 0.364 e. The van der Waals surface area contributed by atoms with Gasteiger partial charge in [-0.1, -0.05) is 0 Å². The molecule has 0 fully saturated rings. The van der Waals surface area contributed by atoms with Crippen molar-refractivity contribution in [2.24, 2.45) is 0 Å². The van der Waals surface area contributed by atoms with Gasteiger partial charge in [-0.25, -0.2) is 4.39 Å². The predicted molar refractivity (Wildman–Crippen MR) is 43.1 cm³/mol. The first-order valence-electron chi connectivity index (χ1n) is 3.65. The molecule has 0 aliphatic rings. The zero-order valence-electron chi connectivity index (χ0n) is 7.00. The van der Waals surface area contributed by atoms with Crippen molar-refractivity contribution in [2.75, 3.05) is 0 Å². The van der Waals surface area contributed by atoms with Crippen LogP contribution in [-0.2, 0) is 0 Å². The monoisotopic (exact) mass is 170 g/mol. The van der Waals surface area contributed by atoms with Crippen molar-refractivity contribution in [3.63, 3.8) is 0 Å². The summed E-state index contributed by atoms with van der Waals surface area (Å²) in [4.78, 5) is 0. The quantitative estimate of drug-likeness (QED) is 0.626. The third kappa shape index (κ3) is 1.62. The molecular weight excluding hydrogens is 159 g/mol. The fourth-order valence-electron chi connectivity index (χ4n) is 1.33. The lowest BCUT2D eigenvalue weighted by molar-refractivity contribution is -0.0434. The number of hydrogen-bond donors (Lipinski definition) is 2. The van der Waals surface area contributed by atoms with Crippen molar-refractivity contribution in [1.29, 1.82) is 0 Å². The lowest BCUT2D eigenvalue weighted by atomic mass is 10.0. The molecule has 0 aliphatic heterocycles. The lowest BCUT2D eigenvalue weighted by Gasteiger charge is -2.11. The molecule has 0 aromatic heterocycles. The van der Waals surface area contributed by atoms with Crippen molar-refractivity contribution in [2.45, 2.75) is 20.1 Å². The molecule has 0 unspecified atom stereocenters. The molecule has 1 aromatic rings. The van der Waals surface area contributed by atoms with Crippen molar-refractivity contribution in [1.82, 2.24) is 0 Å². The highest BCUT2D eigenvalue weighted by molar-refractivity contribution is 5.34. The van der Waals surface area contributed by atoms with E-state index in [4.69, 9.17) is 10.2 Å². The van der Waals surface area contributed by atoms with Crippen molar-refractivity contribution < 1.29 is 14.6 Å². The minimum Gasteiger partial charge on any atom is -0.364 e. The average Bonchev–Trinajstić information content (AvgIpc) is 1.82. The van der Waals surface area contributed by atoms with E-state index >= 15 is 0 Å². The van der Waals surface area contributed by atoms with E-state index in [0.717, 1.165) is 0 Å². The van der Waals surface area contributed by atoms with Gasteiger partial charge >= 0.3 is 0 Å². The number of aliphatic hydroxyl groups is 2. The first kappa shape index (κ1) is 9.16. The van der Waals surface area contributed by atoms with Crippen LogP contribution >= 0.6 is 0 Å². The molecule has 2 nitrogen and oxygen atoms in total. The molecule has 0 atom stereocenters. The summed E-state index contributed by atoms with van der Waals surface area (Å²) in [5, 5.41) is 17.8. The maximum absolute atomic E-state index is 12.7. The second-order valence-electron chi connectivity index (χ2n) is 2.83. The molecule has 0 saturated carbocycles. The Labute approximate surface area is 70.3 Å². The summed E-state index contributed by atoms with van der Waals surface area (Å²) in [5.74, 6) is -0.352. The Morgan fingerprint density at radius 1 is 1.17 bits per heavy atom. The van der Waals surface area contributed by atoms with Gasteiger partial charge in [-0.3, -0.25) is 0 Å². The van der Waals surface area contributed by atoms with E-state index in [-0.39, 0.29) is 5.82 Å². The topological polar surface area (TPSA) is 40.5 Å². The van der Waals surface area contributed by atoms with Gasteiger partial charge in [0.1, 0.15) is 5.82 Å². The van der Waals surface area contributed by atoms with Gasteiger partial charge in [0.15, 0.2) is 6.29 Å². The van der Waals surface area contributed by atoms with Crippen LogP contribution in [0.4, 0.5) is 4.39 Å². The van der Waals surface area contributed by atoms with Gasteiger partial charge < -0.3 is 10.2 Å². The fraction of sp³-hybridized carbons (Fsp3) is 0.333. The molecule has 1 aromatic carbocycles. The number of aliphatic hydroxyl groups excluding tert-OH is 1. The lowest BCUT2D eigenvalue weighted by Crippen LogP contribution is -2.01. The third-order valence-corrected chi connectivity index (χ3v) is 1.82. The number of aryl methyl sites for hydroxylation is 2. The van der Waals surface area contributed by atoms with Crippen LogP contribution in [0, 0.1) is 19.7 Å². The Kier molecular flexibility index (Phi) is 2.45. The first-order valence-corrected chi connectivity index (χ1v) is 3.65. The minimum atomic E-state index is -1.52. The van der Waals surface area contributed by atoms with Gasteiger partial charge in [-0.05, 0) is 37.1 Å². The fourth-order valence-corrected chi connectivity index (χ4v) is 1.33. The van der Waals surface area contributed by atoms with Crippen LogP contribution in [0.1, 0.15) is 23.0 Å². The van der Waals surface area contributed by atoms with Gasteiger partial charge in [0, 0.05) is 5.56 Å². The SMILES string of the molecule is Cc1cc(F)cc(C)c1C(O)O. The van der Waals surface area contributed by atoms with Crippen LogP contribution in [0.5, 0.6) is 0 Å². The molecule has 0 saturated heterocycles. The molecule has 0 radical (unpaired) electrons. The molecule has 0 amide bonds. The molecule has 12 heavy (non-hydrogen) atoms. The van der Waals surface area contributed by atoms with Crippen LogP contribution in [-0.4, -0.2) is 10.2 Å². The van der Waals surface area contributed by atoms with Crippen molar-refractivity contribution >= 4 is 0 Å². The Bertz CT molecular complexity index is 272. The highest BCUT2D eigenvalue weighted by Crippen LogP contribution is 2.20. The van der Waals surface area contributed by atoms with E-state index in [1.807, 2.05) is 0 Å². The Morgan fingerprint density at radius 2 is 1.58 bits per heavy atom. The van der Waals surface area contributed by atoms with Crippen molar-refractivity contribution in [3.05, 3.63) is 34.6 Å². The van der Waals surface area contributed by atoms with Crippen LogP contribution in [0.2, 0.25) is 0 Å². The summed E-state index contributed by atoms with van der Waals surface area (Å²) in [6, 6.07) is 2.56. The first-order chi connectivity index (χ1) is 5.52. The smallest absolute Gasteiger partial charge is 0.178 e. The molecule has 0 aliphatic carbocycles. The number of benzene rings is 1. The Morgan fingerprint density at radius 3 is 1.92 bits per heavy atom. The Balaban J connectivity index is 3.28. The van der Waals surface area contributed by atoms with E-state index in [0.29, 0.717) is 16.7 Å². The summed E-state index contributed by atoms with van der Waals surface area (Å²) < 4.78 is 12.7. The summed E-state index contributed by atoms with van der Waals surface area (Å²) >= 11 is 0. The van der Waals surface area contributed by atoms with Gasteiger partial charge in [0.2, 0.25) is 0 Å². The maximum atomic E-state index is 12.7. The van der Waals surface area contributed by atoms with Crippen LogP contribution in [0.25, 0.3) is 0 Å². The maximum Gasteiger partial charge on any atom is 0.178 e. The van der Waals surface area contributed by atoms with Gasteiger partial charge in [-0.2, -0.15) is 0 Å². The van der Waals surface area contributed by atoms with Crippen LogP contribution in [0.3, 0.4) is 0 Å². The minimum absolute atomic E-state index is 0.352. The van der Waals surface area contributed by atoms with E-state index in [9.17, 15) is 4.39 Å². The summed E-state index contributed by atoms with van der Waals surface area (Å²) in [6.07, 6.45) is -1.52. The zero-order chi connectivity index (χ0) is 9.30. The average molecular weight is 170 g/mol. The third-order valence-electron chi connectivity index (χ3n) is 1.82. The predicted octanol–water partition coefficient (Wildman–Crippen LogP) is 1.43. The standard InChI is InChI=1S/C9H11FO2/c1-5-3-7(10)4-6(2)8(5)9(11)12/h3-4,9,11-12H,1-2H3. The van der Waals surface area contributed by atoms with Crippen LogP contribution < -0.4 is 0 Å². The Hall–Kier alpha value is -0.930. The molecule has 3 heteroatoms. The second-order valence-corrected chi connectivity index (χ2v) is 2.83. The number of rotatable bonds is 1. The summed E-state index contributed by atoms with van der Waals surface area (Å²) in [7, 11) is 0. The highest BCUT2D eigenvalue weighted by Gasteiger charge is 2.10. The van der Waals surface area contributed by atoms with Gasteiger partial charge in [0.05, 0.1) is 0 Å². The highest BCUT2D eigenvalue weighted by atomic mass is 19.1. The van der Waals surface area contributed by atoms with E-state index in [1.54, 1.807) is 13.8 Å². The number of halogens is 1.